The van der Waals surface area contributed by atoms with Crippen LogP contribution in [0.1, 0.15) is 51.4 Å². The van der Waals surface area contributed by atoms with Gasteiger partial charge in [-0.2, -0.15) is 0 Å². The highest BCUT2D eigenvalue weighted by Gasteiger charge is 2.20. The third-order valence-corrected chi connectivity index (χ3v) is 6.04. The van der Waals surface area contributed by atoms with Gasteiger partial charge in [-0.1, -0.05) is 29.8 Å². The third kappa shape index (κ3) is 6.25. The van der Waals surface area contributed by atoms with Gasteiger partial charge in [0.15, 0.2) is 5.11 Å². The number of benzene rings is 1. The second kappa shape index (κ2) is 10.2. The maximum absolute atomic E-state index is 12.8. The highest BCUT2D eigenvalue weighted by Crippen LogP contribution is 2.32. The molecule has 2 amide bonds. The van der Waals surface area contributed by atoms with Crippen molar-refractivity contribution in [1.82, 2.24) is 5.32 Å². The van der Waals surface area contributed by atoms with E-state index in [1.807, 2.05) is 19.9 Å². The predicted octanol–water partition coefficient (Wildman–Crippen LogP) is 4.78. The number of carbonyl (C=O) groups excluding carboxylic acids is 2. The first-order valence-corrected chi connectivity index (χ1v) is 11.1. The minimum Gasteiger partial charge on any atom is -0.493 e. The van der Waals surface area contributed by atoms with E-state index < -0.39 is 11.8 Å². The number of thiophene rings is 1. The molecule has 2 rings (SSSR count). The number of anilines is 1. The van der Waals surface area contributed by atoms with Crippen LogP contribution in [0, 0.1) is 19.8 Å². The highest BCUT2D eigenvalue weighted by molar-refractivity contribution is 9.10. The number of hydrogen-bond acceptors (Lipinski definition) is 5. The summed E-state index contributed by atoms with van der Waals surface area (Å²) in [4.78, 5) is 25.5. The number of halogens is 1. The number of nitrogens with two attached hydrogens (primary N) is 1. The van der Waals surface area contributed by atoms with E-state index in [0.717, 1.165) is 21.3 Å². The molecule has 0 atom stereocenters. The number of primary amides is 1. The van der Waals surface area contributed by atoms with Gasteiger partial charge in [-0.3, -0.25) is 14.9 Å². The lowest BCUT2D eigenvalue weighted by molar-refractivity contribution is 0.0971. The lowest BCUT2D eigenvalue weighted by atomic mass is 10.1. The van der Waals surface area contributed by atoms with Gasteiger partial charge in [0, 0.05) is 9.35 Å². The van der Waals surface area contributed by atoms with Crippen molar-refractivity contribution in [2.24, 2.45) is 11.7 Å². The van der Waals surface area contributed by atoms with Crippen molar-refractivity contribution < 1.29 is 14.3 Å². The Morgan fingerprint density at radius 3 is 2.62 bits per heavy atom. The van der Waals surface area contributed by atoms with Crippen LogP contribution in [0.2, 0.25) is 0 Å². The van der Waals surface area contributed by atoms with Crippen LogP contribution < -0.4 is 21.1 Å². The molecule has 0 fully saturated rings. The largest absolute Gasteiger partial charge is 0.493 e. The molecule has 1 heterocycles. The Hall–Kier alpha value is -1.97. The van der Waals surface area contributed by atoms with Crippen LogP contribution in [-0.4, -0.2) is 23.5 Å². The molecule has 0 aliphatic heterocycles. The molecule has 6 nitrogen and oxygen atoms in total. The van der Waals surface area contributed by atoms with E-state index in [-0.39, 0.29) is 5.11 Å². The topological polar surface area (TPSA) is 93.4 Å². The van der Waals surface area contributed by atoms with Crippen molar-refractivity contribution in [2.45, 2.75) is 34.1 Å². The number of rotatable bonds is 7. The summed E-state index contributed by atoms with van der Waals surface area (Å²) >= 11 is 10.0. The van der Waals surface area contributed by atoms with E-state index in [0.29, 0.717) is 34.4 Å². The van der Waals surface area contributed by atoms with Crippen LogP contribution in [-0.2, 0) is 0 Å². The first kappa shape index (κ1) is 23.3. The molecular weight excluding hydrogens is 474 g/mol. The number of amides is 2. The maximum Gasteiger partial charge on any atom is 0.261 e. The van der Waals surface area contributed by atoms with Crippen molar-refractivity contribution in [3.05, 3.63) is 44.2 Å². The molecule has 0 saturated carbocycles. The molecular formula is C20H24BrN3O3S2. The summed E-state index contributed by atoms with van der Waals surface area (Å²) in [5.41, 5.74) is 7.02. The molecule has 1 aromatic heterocycles. The second-order valence-electron chi connectivity index (χ2n) is 6.93. The number of nitrogens with one attached hydrogen (secondary N) is 2. The Kier molecular flexibility index (Phi) is 8.18. The van der Waals surface area contributed by atoms with Gasteiger partial charge < -0.3 is 15.8 Å². The summed E-state index contributed by atoms with van der Waals surface area (Å²) in [7, 11) is 0. The standard InChI is InChI=1S/C20H24BrN3O3S2/c1-10(2)7-8-27-15-6-5-13(21)9-14(15)18(26)23-20(28)24-19-16(17(22)25)11(3)12(4)29-19/h5-6,9-10H,7-8H2,1-4H3,(H2,22,25)(H2,23,24,26,28). The average Bonchev–Trinajstić information content (AvgIpc) is 2.89. The zero-order valence-electron chi connectivity index (χ0n) is 16.7. The van der Waals surface area contributed by atoms with Crippen LogP contribution in [0.4, 0.5) is 5.00 Å². The lowest BCUT2D eigenvalue weighted by Crippen LogP contribution is -2.34. The smallest absolute Gasteiger partial charge is 0.261 e. The number of ether oxygens (including phenoxy) is 1. The van der Waals surface area contributed by atoms with Crippen molar-refractivity contribution in [1.29, 1.82) is 0 Å². The minimum atomic E-state index is -0.545. The molecule has 0 spiro atoms. The summed E-state index contributed by atoms with van der Waals surface area (Å²) in [5.74, 6) is 0.0247. The van der Waals surface area contributed by atoms with Crippen molar-refractivity contribution in [3.8, 4) is 5.75 Å². The van der Waals surface area contributed by atoms with Gasteiger partial charge >= 0.3 is 0 Å². The third-order valence-electron chi connectivity index (χ3n) is 4.22. The molecule has 0 bridgehead atoms. The van der Waals surface area contributed by atoms with E-state index in [4.69, 9.17) is 22.7 Å². The summed E-state index contributed by atoms with van der Waals surface area (Å²) in [6, 6.07) is 5.23. The zero-order valence-corrected chi connectivity index (χ0v) is 19.9. The van der Waals surface area contributed by atoms with Crippen LogP contribution in [0.3, 0.4) is 0 Å². The van der Waals surface area contributed by atoms with Gasteiger partial charge in [-0.15, -0.1) is 11.3 Å². The predicted molar refractivity (Wildman–Crippen MR) is 125 cm³/mol. The van der Waals surface area contributed by atoms with Crippen LogP contribution in [0.15, 0.2) is 22.7 Å². The Bertz CT molecular complexity index is 941. The van der Waals surface area contributed by atoms with Gasteiger partial charge in [-0.25, -0.2) is 0 Å². The molecule has 0 aliphatic carbocycles. The molecule has 9 heteroatoms. The minimum absolute atomic E-state index is 0.0758. The Morgan fingerprint density at radius 1 is 1.31 bits per heavy atom. The fourth-order valence-corrected chi connectivity index (χ4v) is 4.22. The summed E-state index contributed by atoms with van der Waals surface area (Å²) < 4.78 is 6.54. The van der Waals surface area contributed by atoms with Crippen LogP contribution >= 0.6 is 39.5 Å². The van der Waals surface area contributed by atoms with E-state index in [1.54, 1.807) is 12.1 Å². The van der Waals surface area contributed by atoms with E-state index in [9.17, 15) is 9.59 Å². The first-order chi connectivity index (χ1) is 13.6. The van der Waals surface area contributed by atoms with E-state index in [1.165, 1.54) is 11.3 Å². The molecule has 2 aromatic rings. The van der Waals surface area contributed by atoms with Gasteiger partial charge in [0.1, 0.15) is 10.8 Å². The summed E-state index contributed by atoms with van der Waals surface area (Å²) in [6.45, 7) is 8.44. The van der Waals surface area contributed by atoms with Gasteiger partial charge in [0.2, 0.25) is 0 Å². The van der Waals surface area contributed by atoms with Crippen molar-refractivity contribution >= 4 is 61.4 Å². The monoisotopic (exact) mass is 497 g/mol. The quantitative estimate of drug-likeness (QED) is 0.478. The fraction of sp³-hybridized carbons (Fsp3) is 0.350. The Labute approximate surface area is 188 Å². The van der Waals surface area contributed by atoms with Crippen molar-refractivity contribution in [2.75, 3.05) is 11.9 Å². The summed E-state index contributed by atoms with van der Waals surface area (Å²) in [6.07, 6.45) is 0.879. The molecule has 29 heavy (non-hydrogen) atoms. The average molecular weight is 498 g/mol. The Balaban J connectivity index is 2.14. The number of carbonyl (C=O) groups is 2. The molecule has 1 aromatic carbocycles. The fourth-order valence-electron chi connectivity index (χ4n) is 2.53. The molecule has 156 valence electrons. The molecule has 4 N–H and O–H groups in total. The number of aryl methyl sites for hydroxylation is 1. The molecule has 0 radical (unpaired) electrons. The molecule has 0 aliphatic rings. The normalized spacial score (nSPS) is 10.7. The lowest BCUT2D eigenvalue weighted by Gasteiger charge is -2.14. The molecule has 0 saturated heterocycles. The SMILES string of the molecule is Cc1sc(NC(=S)NC(=O)c2cc(Br)ccc2OCCC(C)C)c(C(N)=O)c1C. The highest BCUT2D eigenvalue weighted by atomic mass is 79.9. The Morgan fingerprint density at radius 2 is 2.00 bits per heavy atom. The van der Waals surface area contributed by atoms with Crippen LogP contribution in [0.5, 0.6) is 5.75 Å². The molecule has 0 unspecified atom stereocenters. The van der Waals surface area contributed by atoms with Gasteiger partial charge in [0.25, 0.3) is 11.8 Å². The second-order valence-corrected chi connectivity index (χ2v) is 9.48. The van der Waals surface area contributed by atoms with E-state index in [2.05, 4.69) is 40.4 Å². The van der Waals surface area contributed by atoms with Crippen LogP contribution in [0.25, 0.3) is 0 Å². The summed E-state index contributed by atoms with van der Waals surface area (Å²) in [5, 5.41) is 6.14. The number of hydrogen-bond donors (Lipinski definition) is 3. The van der Waals surface area contributed by atoms with Gasteiger partial charge in [-0.05, 0) is 62.2 Å². The van der Waals surface area contributed by atoms with Crippen molar-refractivity contribution in [3.63, 3.8) is 0 Å². The van der Waals surface area contributed by atoms with E-state index >= 15 is 0 Å². The zero-order chi connectivity index (χ0) is 21.7. The van der Waals surface area contributed by atoms with Gasteiger partial charge in [0.05, 0.1) is 17.7 Å². The first-order valence-electron chi connectivity index (χ1n) is 9.04. The maximum atomic E-state index is 12.8. The number of thiocarbonyl (C=S) groups is 1.